The van der Waals surface area contributed by atoms with Crippen LogP contribution in [-0.4, -0.2) is 131 Å². The van der Waals surface area contributed by atoms with Gasteiger partial charge in [-0.05, 0) is 55.9 Å². The number of carbonyl (C=O) groups excluding carboxylic acids is 1. The number of carbonyl (C=O) groups is 1. The molecule has 0 amide bonds. The number of benzene rings is 2. The molecule has 3 saturated heterocycles. The second-order valence-corrected chi connectivity index (χ2v) is 17.8. The van der Waals surface area contributed by atoms with Crippen LogP contribution in [0.1, 0.15) is 115 Å². The van der Waals surface area contributed by atoms with E-state index in [1.165, 1.54) is 57.0 Å². The zero-order valence-corrected chi connectivity index (χ0v) is 38.7. The first-order valence-corrected chi connectivity index (χ1v) is 23.6. The van der Waals surface area contributed by atoms with E-state index in [-0.39, 0.29) is 11.9 Å². The fourth-order valence-corrected chi connectivity index (χ4v) is 8.61. The number of unbranched alkanes of at least 4 members (excludes halogenated alkanes) is 10. The molecule has 3 aliphatic rings. The molecule has 12 atom stereocenters. The molecule has 0 radical (unpaired) electrons. The van der Waals surface area contributed by atoms with Gasteiger partial charge in [-0.2, -0.15) is 5.10 Å². The third-order valence-electron chi connectivity index (χ3n) is 12.4. The molecule has 7 N–H and O–H groups in total. The minimum Gasteiger partial charge on any atom is -0.453 e. The Bertz CT molecular complexity index is 1900. The first kappa shape index (κ1) is 53.5. The Hall–Kier alpha value is -3.43. The summed E-state index contributed by atoms with van der Waals surface area (Å²) in [4.78, 5) is 16.9. The molecular formula is C48H69ClFN3O13. The zero-order valence-electron chi connectivity index (χ0n) is 37.9. The van der Waals surface area contributed by atoms with Crippen LogP contribution in [0.4, 0.5) is 4.39 Å². The van der Waals surface area contributed by atoms with Crippen molar-refractivity contribution in [3.63, 3.8) is 0 Å². The molecule has 3 unspecified atom stereocenters. The van der Waals surface area contributed by atoms with E-state index >= 15 is 0 Å². The number of aromatic nitrogens is 3. The summed E-state index contributed by atoms with van der Waals surface area (Å²) >= 11 is 6.31. The van der Waals surface area contributed by atoms with Crippen LogP contribution in [0, 0.1) is 11.7 Å². The minimum absolute atomic E-state index is 0.203. The number of nitrogens with zero attached hydrogens (tertiary/aromatic N) is 3. The summed E-state index contributed by atoms with van der Waals surface area (Å²) in [5.41, 5.74) is 1.18. The van der Waals surface area contributed by atoms with Gasteiger partial charge in [0.1, 0.15) is 73.4 Å². The first-order chi connectivity index (χ1) is 31.8. The van der Waals surface area contributed by atoms with E-state index in [0.717, 1.165) is 49.7 Å². The van der Waals surface area contributed by atoms with E-state index in [9.17, 15) is 44.9 Å². The third kappa shape index (κ3) is 14.1. The number of hydrogen-bond acceptors (Lipinski definition) is 15. The molecule has 1 aromatic heterocycles. The summed E-state index contributed by atoms with van der Waals surface area (Å²) < 4.78 is 43.2. The van der Waals surface area contributed by atoms with Gasteiger partial charge in [-0.15, -0.1) is 0 Å². The molecule has 368 valence electrons. The standard InChI is InChI=1S/C31H56O12.C17H13ClFN3O/c1-3-4-5-6-7-8-9-10-11-12-13-14-15-16-17-21(2)29(39)41-28-25(36)23(19-33)42-31(28,20-34)43-30-27(38)26(37)24(35)22(18-32)40-30;18-15-4-2-1-3-14(15)16-17(23-16,9-22-11-20-10-21-22)12-5-7-13(19)8-6-12/h10-11,21-28,30,32-38H,3-9,12-20H2,1-2H3;1-8,10-11,16H,9H2/b11-10-;/t21?,22-,23-,24-,25-,26+,27-,28+,30-,31+;/m1./s1. The Morgan fingerprint density at radius 3 is 2.12 bits per heavy atom. The molecule has 4 heterocycles. The molecule has 0 saturated carbocycles. The second kappa shape index (κ2) is 26.4. The summed E-state index contributed by atoms with van der Waals surface area (Å²) in [5, 5.41) is 75.5. The van der Waals surface area contributed by atoms with Crippen LogP contribution in [0.25, 0.3) is 0 Å². The van der Waals surface area contributed by atoms with Gasteiger partial charge in [0.25, 0.3) is 0 Å². The van der Waals surface area contributed by atoms with Crippen LogP contribution in [0.15, 0.2) is 73.3 Å². The maximum absolute atomic E-state index is 13.3. The molecule has 0 aliphatic carbocycles. The lowest BCUT2D eigenvalue weighted by Gasteiger charge is -2.43. The average molecular weight is 951 g/mol. The number of halogens is 2. The van der Waals surface area contributed by atoms with E-state index in [1.807, 2.05) is 24.3 Å². The maximum atomic E-state index is 13.3. The van der Waals surface area contributed by atoms with Crippen molar-refractivity contribution in [2.75, 3.05) is 19.8 Å². The lowest BCUT2D eigenvalue weighted by atomic mass is 9.91. The smallest absolute Gasteiger partial charge is 0.309 e. The molecular weight excluding hydrogens is 881 g/mol. The number of rotatable bonds is 25. The van der Waals surface area contributed by atoms with Crippen LogP contribution < -0.4 is 0 Å². The highest BCUT2D eigenvalue weighted by Crippen LogP contribution is 2.59. The summed E-state index contributed by atoms with van der Waals surface area (Å²) in [5.74, 6) is -3.75. The fourth-order valence-electron chi connectivity index (χ4n) is 8.37. The van der Waals surface area contributed by atoms with Gasteiger partial charge in [-0.25, -0.2) is 14.1 Å². The van der Waals surface area contributed by atoms with Gasteiger partial charge in [0.05, 0.1) is 25.7 Å². The number of aliphatic hydroxyl groups excluding tert-OH is 7. The maximum Gasteiger partial charge on any atom is 0.309 e. The van der Waals surface area contributed by atoms with Crippen molar-refractivity contribution in [1.29, 1.82) is 0 Å². The van der Waals surface area contributed by atoms with Gasteiger partial charge in [0, 0.05) is 10.6 Å². The summed E-state index contributed by atoms with van der Waals surface area (Å²) in [6.45, 7) is 2.01. The van der Waals surface area contributed by atoms with Crippen molar-refractivity contribution >= 4 is 17.6 Å². The van der Waals surface area contributed by atoms with E-state index in [1.54, 1.807) is 30.1 Å². The summed E-state index contributed by atoms with van der Waals surface area (Å²) in [6, 6.07) is 13.9. The number of epoxide rings is 1. The number of allylic oxidation sites excluding steroid dienone is 2. The van der Waals surface area contributed by atoms with E-state index in [4.69, 9.17) is 35.3 Å². The third-order valence-corrected chi connectivity index (χ3v) is 12.8. The van der Waals surface area contributed by atoms with Crippen LogP contribution in [-0.2, 0) is 40.6 Å². The number of hydrogen-bond donors (Lipinski definition) is 7. The highest BCUT2D eigenvalue weighted by atomic mass is 35.5. The molecule has 16 nitrogen and oxygen atoms in total. The van der Waals surface area contributed by atoms with E-state index in [2.05, 4.69) is 29.2 Å². The monoisotopic (exact) mass is 949 g/mol. The molecule has 3 aliphatic heterocycles. The Balaban J connectivity index is 0.000000294. The quantitative estimate of drug-likeness (QED) is 0.0251. The Labute approximate surface area is 391 Å². The van der Waals surface area contributed by atoms with Gasteiger partial charge in [-0.1, -0.05) is 119 Å². The Morgan fingerprint density at radius 2 is 1.50 bits per heavy atom. The van der Waals surface area contributed by atoms with Crippen LogP contribution in [0.2, 0.25) is 5.02 Å². The normalized spacial score (nSPS) is 30.0. The van der Waals surface area contributed by atoms with Crippen LogP contribution in [0.3, 0.4) is 0 Å². The van der Waals surface area contributed by atoms with E-state index < -0.39 is 92.1 Å². The van der Waals surface area contributed by atoms with Crippen molar-refractivity contribution in [3.8, 4) is 0 Å². The first-order valence-electron chi connectivity index (χ1n) is 23.3. The topological polar surface area (TPSA) is 239 Å². The Kier molecular flexibility index (Phi) is 21.4. The highest BCUT2D eigenvalue weighted by molar-refractivity contribution is 6.31. The van der Waals surface area contributed by atoms with Gasteiger partial charge in [-0.3, -0.25) is 4.79 Å². The Morgan fingerprint density at radius 1 is 0.848 bits per heavy atom. The molecule has 3 aromatic rings. The predicted molar refractivity (Wildman–Crippen MR) is 240 cm³/mol. The van der Waals surface area contributed by atoms with Crippen molar-refractivity contribution in [2.24, 2.45) is 5.92 Å². The van der Waals surface area contributed by atoms with Crippen LogP contribution >= 0.6 is 11.6 Å². The minimum atomic E-state index is -2.27. The fraction of sp³-hybridized carbons (Fsp3) is 0.646. The van der Waals surface area contributed by atoms with Gasteiger partial charge < -0.3 is 59.4 Å². The molecule has 6 rings (SSSR count). The number of esters is 1. The summed E-state index contributed by atoms with van der Waals surface area (Å²) in [7, 11) is 0. The molecule has 18 heteroatoms. The lowest BCUT2D eigenvalue weighted by Crippen LogP contribution is -2.63. The van der Waals surface area contributed by atoms with Crippen molar-refractivity contribution < 1.29 is 68.6 Å². The molecule has 66 heavy (non-hydrogen) atoms. The predicted octanol–water partition coefficient (Wildman–Crippen LogP) is 5.18. The van der Waals surface area contributed by atoms with Gasteiger partial charge in [0.15, 0.2) is 12.4 Å². The number of ether oxygens (including phenoxy) is 5. The van der Waals surface area contributed by atoms with Crippen molar-refractivity contribution in [1.82, 2.24) is 14.8 Å². The number of aliphatic hydroxyl groups is 7. The molecule has 0 bridgehead atoms. The van der Waals surface area contributed by atoms with Crippen molar-refractivity contribution in [3.05, 3.63) is 95.3 Å². The summed E-state index contributed by atoms with van der Waals surface area (Å²) in [6.07, 6.45) is 9.02. The molecule has 0 spiro atoms. The molecule has 3 fully saturated rings. The molecule has 2 aromatic carbocycles. The zero-order chi connectivity index (χ0) is 47.7. The van der Waals surface area contributed by atoms with Crippen LogP contribution in [0.5, 0.6) is 0 Å². The largest absolute Gasteiger partial charge is 0.453 e. The second-order valence-electron chi connectivity index (χ2n) is 17.4. The van der Waals surface area contributed by atoms with Gasteiger partial charge in [0.2, 0.25) is 5.79 Å². The average Bonchev–Trinajstić information content (AvgIpc) is 3.66. The van der Waals surface area contributed by atoms with Crippen molar-refractivity contribution in [2.45, 2.75) is 170 Å². The highest BCUT2D eigenvalue weighted by Gasteiger charge is 2.61. The van der Waals surface area contributed by atoms with Gasteiger partial charge >= 0.3 is 5.97 Å². The lowest BCUT2D eigenvalue weighted by molar-refractivity contribution is -0.384. The van der Waals surface area contributed by atoms with E-state index in [0.29, 0.717) is 18.0 Å². The SMILES string of the molecule is CCCCCCCC/C=C\CCCCCCC(C)C(=O)O[C@H]1[C@H](O)[C@@H](CO)O[C@@]1(CO)O[C@H]1O[C@H](CO)[C@@H](O)[C@H](O)[C@H]1O.Fc1ccc(C2(Cn3cncn3)OC2c2ccccc2Cl)cc1.